The van der Waals surface area contributed by atoms with Crippen molar-refractivity contribution in [2.45, 2.75) is 62.9 Å². The van der Waals surface area contributed by atoms with Crippen molar-refractivity contribution in [1.29, 1.82) is 0 Å². The molecule has 1 heterocycles. The summed E-state index contributed by atoms with van der Waals surface area (Å²) in [7, 11) is -5.66. The highest BCUT2D eigenvalue weighted by molar-refractivity contribution is 7.92. The number of aromatic nitrogens is 1. The van der Waals surface area contributed by atoms with Crippen molar-refractivity contribution in [3.63, 3.8) is 0 Å². The third-order valence-electron chi connectivity index (χ3n) is 5.07. The summed E-state index contributed by atoms with van der Waals surface area (Å²) in [5.74, 6) is 0. The molecule has 1 aromatic heterocycles. The molecule has 1 aromatic carbocycles. The molecule has 3 nitrogen and oxygen atoms in total. The molecule has 1 atom stereocenters. The molecule has 0 saturated heterocycles. The van der Waals surface area contributed by atoms with Crippen LogP contribution in [0.5, 0.6) is 0 Å². The molecule has 0 amide bonds. The van der Waals surface area contributed by atoms with Gasteiger partial charge in [0.05, 0.1) is 5.25 Å². The van der Waals surface area contributed by atoms with Crippen LogP contribution in [0, 0.1) is 0 Å². The Bertz CT molecular complexity index is 846. The molecule has 2 aromatic rings. The molecular formula is C22H31NO2SSi. The first-order valence-electron chi connectivity index (χ1n) is 9.76. The van der Waals surface area contributed by atoms with E-state index in [9.17, 15) is 8.42 Å². The number of nitrogens with zero attached hydrogens (tertiary/aromatic N) is 1. The summed E-state index contributed by atoms with van der Waals surface area (Å²) in [6.07, 6.45) is 7.12. The molecule has 0 saturated carbocycles. The summed E-state index contributed by atoms with van der Waals surface area (Å²) in [6.45, 7) is 8.71. The van der Waals surface area contributed by atoms with E-state index in [1.165, 1.54) is 5.19 Å². The summed E-state index contributed by atoms with van der Waals surface area (Å²) in [5, 5.41) is 2.06. The maximum atomic E-state index is 13.5. The smallest absolute Gasteiger partial charge is 0.201 e. The summed E-state index contributed by atoms with van der Waals surface area (Å²) in [5.41, 5.74) is 0. The fourth-order valence-corrected chi connectivity index (χ4v) is 9.57. The first-order chi connectivity index (χ1) is 12.9. The molecule has 0 spiro atoms. The number of unbranched alkanes of at least 4 members (excludes halogenated alkanes) is 1. The Labute approximate surface area is 165 Å². The molecule has 0 aliphatic rings. The zero-order chi connectivity index (χ0) is 19.9. The van der Waals surface area contributed by atoms with Crippen LogP contribution in [0.2, 0.25) is 13.1 Å². The lowest BCUT2D eigenvalue weighted by Crippen LogP contribution is -2.49. The zero-order valence-electron chi connectivity index (χ0n) is 16.9. The second-order valence-electron chi connectivity index (χ2n) is 7.43. The molecule has 0 aliphatic heterocycles. The third-order valence-corrected chi connectivity index (χ3v) is 11.1. The van der Waals surface area contributed by atoms with Crippen molar-refractivity contribution in [2.24, 2.45) is 0 Å². The van der Waals surface area contributed by atoms with Crippen LogP contribution in [0.4, 0.5) is 0 Å². The van der Waals surface area contributed by atoms with Gasteiger partial charge in [0.25, 0.3) is 0 Å². The van der Waals surface area contributed by atoms with Gasteiger partial charge in [0, 0.05) is 6.20 Å². The minimum absolute atomic E-state index is 0.184. The van der Waals surface area contributed by atoms with E-state index >= 15 is 0 Å². The van der Waals surface area contributed by atoms with E-state index in [0.29, 0.717) is 6.42 Å². The summed E-state index contributed by atoms with van der Waals surface area (Å²) < 4.78 is 27.0. The largest absolute Gasteiger partial charge is 0.245 e. The normalized spacial score (nSPS) is 14.1. The third kappa shape index (κ3) is 4.96. The van der Waals surface area contributed by atoms with E-state index in [2.05, 4.69) is 50.1 Å². The van der Waals surface area contributed by atoms with Crippen LogP contribution in [0.3, 0.4) is 0 Å². The van der Waals surface area contributed by atoms with Crippen LogP contribution in [-0.4, -0.2) is 26.7 Å². The first kappa shape index (κ1) is 21.6. The van der Waals surface area contributed by atoms with Crippen molar-refractivity contribution in [2.75, 3.05) is 0 Å². The van der Waals surface area contributed by atoms with Crippen molar-refractivity contribution in [3.05, 3.63) is 66.0 Å². The zero-order valence-corrected chi connectivity index (χ0v) is 18.7. The molecule has 27 heavy (non-hydrogen) atoms. The Morgan fingerprint density at radius 2 is 1.70 bits per heavy atom. The lowest BCUT2D eigenvalue weighted by molar-refractivity contribution is 0.577. The molecule has 0 N–H and O–H groups in total. The van der Waals surface area contributed by atoms with Gasteiger partial charge in [-0.1, -0.05) is 92.6 Å². The van der Waals surface area contributed by atoms with Gasteiger partial charge in [0.15, 0.2) is 5.03 Å². The molecule has 2 rings (SSSR count). The van der Waals surface area contributed by atoms with Gasteiger partial charge in [0.1, 0.15) is 8.07 Å². The second-order valence-corrected chi connectivity index (χ2v) is 13.9. The van der Waals surface area contributed by atoms with E-state index in [0.717, 1.165) is 24.5 Å². The van der Waals surface area contributed by atoms with Gasteiger partial charge in [-0.3, -0.25) is 0 Å². The van der Waals surface area contributed by atoms with Crippen LogP contribution in [0.1, 0.15) is 39.5 Å². The van der Waals surface area contributed by atoms with E-state index in [1.54, 1.807) is 24.4 Å². The Hall–Kier alpha value is -1.72. The second kappa shape index (κ2) is 9.47. The van der Waals surface area contributed by atoms with E-state index < -0.39 is 23.2 Å². The van der Waals surface area contributed by atoms with E-state index in [4.69, 9.17) is 0 Å². The lowest BCUT2D eigenvalue weighted by Gasteiger charge is -2.32. The molecule has 1 unspecified atom stereocenters. The van der Waals surface area contributed by atoms with Gasteiger partial charge >= 0.3 is 0 Å². The highest BCUT2D eigenvalue weighted by Gasteiger charge is 2.39. The topological polar surface area (TPSA) is 47.0 Å². The molecule has 146 valence electrons. The quantitative estimate of drug-likeness (QED) is 0.561. The standard InChI is InChI=1S/C22H31NO2SSi/c1-5-7-16-21(27(3,4)19-14-9-8-10-15-19)20(13-6-2)26(24,25)22-17-11-12-18-23-22/h8-12,14-18,20H,5-7,13H2,1-4H3/b21-16+. The van der Waals surface area contributed by atoms with Crippen LogP contribution in [-0.2, 0) is 9.84 Å². The monoisotopic (exact) mass is 401 g/mol. The number of allylic oxidation sites excluding steroid dienone is 1. The average molecular weight is 402 g/mol. The van der Waals surface area contributed by atoms with Crippen molar-refractivity contribution < 1.29 is 8.42 Å². The predicted octanol–water partition coefficient (Wildman–Crippen LogP) is 4.91. The fraction of sp³-hybridized carbons (Fsp3) is 0.409. The maximum Gasteiger partial charge on any atom is 0.201 e. The Kier molecular flexibility index (Phi) is 7.56. The van der Waals surface area contributed by atoms with Crippen LogP contribution in [0.25, 0.3) is 0 Å². The molecule has 0 bridgehead atoms. The van der Waals surface area contributed by atoms with Gasteiger partial charge < -0.3 is 0 Å². The molecule has 0 fully saturated rings. The summed E-state index contributed by atoms with van der Waals surface area (Å²) >= 11 is 0. The first-order valence-corrected chi connectivity index (χ1v) is 14.3. The minimum Gasteiger partial charge on any atom is -0.245 e. The van der Waals surface area contributed by atoms with Gasteiger partial charge in [-0.15, -0.1) is 0 Å². The average Bonchev–Trinajstić information content (AvgIpc) is 2.68. The predicted molar refractivity (Wildman–Crippen MR) is 117 cm³/mol. The van der Waals surface area contributed by atoms with Crippen LogP contribution in [0.15, 0.2) is 71.0 Å². The van der Waals surface area contributed by atoms with Crippen molar-refractivity contribution >= 4 is 23.1 Å². The van der Waals surface area contributed by atoms with E-state index in [1.807, 2.05) is 18.2 Å². The fourth-order valence-electron chi connectivity index (χ4n) is 3.51. The van der Waals surface area contributed by atoms with Gasteiger partial charge in [0.2, 0.25) is 9.84 Å². The summed E-state index contributed by atoms with van der Waals surface area (Å²) in [6, 6.07) is 15.5. The van der Waals surface area contributed by atoms with Gasteiger partial charge in [-0.2, -0.15) is 0 Å². The van der Waals surface area contributed by atoms with E-state index in [-0.39, 0.29) is 5.03 Å². The van der Waals surface area contributed by atoms with Crippen LogP contribution < -0.4 is 5.19 Å². The number of pyridine rings is 1. The highest BCUT2D eigenvalue weighted by atomic mass is 32.2. The maximum absolute atomic E-state index is 13.5. The Morgan fingerprint density at radius 3 is 2.26 bits per heavy atom. The molecule has 0 radical (unpaired) electrons. The SMILES string of the molecule is CCC/C=C(\C(CCC)S(=O)(=O)c1ccccn1)[Si](C)(C)c1ccccc1. The Balaban J connectivity index is 2.61. The molecule has 5 heteroatoms. The number of hydrogen-bond acceptors (Lipinski definition) is 3. The summed E-state index contributed by atoms with van der Waals surface area (Å²) in [4.78, 5) is 4.17. The number of benzene rings is 1. The molecule has 0 aliphatic carbocycles. The van der Waals surface area contributed by atoms with Crippen molar-refractivity contribution in [1.82, 2.24) is 4.98 Å². The lowest BCUT2D eigenvalue weighted by atomic mass is 10.2. The number of rotatable bonds is 9. The Morgan fingerprint density at radius 1 is 1.04 bits per heavy atom. The molecular weight excluding hydrogens is 370 g/mol. The van der Waals surface area contributed by atoms with Crippen LogP contribution >= 0.6 is 0 Å². The number of sulfone groups is 1. The van der Waals surface area contributed by atoms with Gasteiger partial charge in [-0.25, -0.2) is 13.4 Å². The van der Waals surface area contributed by atoms with Gasteiger partial charge in [-0.05, 0) is 25.0 Å². The minimum atomic E-state index is -3.53. The van der Waals surface area contributed by atoms with Crippen molar-refractivity contribution in [3.8, 4) is 0 Å². The number of hydrogen-bond donors (Lipinski definition) is 0. The highest BCUT2D eigenvalue weighted by Crippen LogP contribution is 2.31.